The monoisotopic (exact) mass is 386 g/mol. The second-order valence-corrected chi connectivity index (χ2v) is 7.13. The summed E-state index contributed by atoms with van der Waals surface area (Å²) in [6.45, 7) is 0. The van der Waals surface area contributed by atoms with Crippen molar-refractivity contribution in [2.24, 2.45) is 0 Å². The van der Waals surface area contributed by atoms with Gasteiger partial charge in [-0.3, -0.25) is 4.57 Å². The third-order valence-corrected chi connectivity index (χ3v) is 4.89. The van der Waals surface area contributed by atoms with Crippen LogP contribution in [0.2, 0.25) is 10.0 Å². The molecule has 0 saturated heterocycles. The molecule has 0 unspecified atom stereocenters. The quantitative estimate of drug-likeness (QED) is 0.555. The van der Waals surface area contributed by atoms with Crippen LogP contribution in [0.15, 0.2) is 48.5 Å². The average molecular weight is 387 g/mol. The van der Waals surface area contributed by atoms with Crippen molar-refractivity contribution in [3.63, 3.8) is 0 Å². The van der Waals surface area contributed by atoms with Gasteiger partial charge in [-0.15, -0.1) is 0 Å². The van der Waals surface area contributed by atoms with Gasteiger partial charge < -0.3 is 4.74 Å². The maximum absolute atomic E-state index is 12.4. The molecule has 0 atom stereocenters. The highest BCUT2D eigenvalue weighted by Gasteiger charge is 2.34. The van der Waals surface area contributed by atoms with Crippen molar-refractivity contribution in [3.8, 4) is 16.9 Å². The zero-order valence-corrected chi connectivity index (χ0v) is 15.6. The highest BCUT2D eigenvalue weighted by molar-refractivity contribution is 6.31. The molecule has 4 rings (SSSR count). The molecule has 26 heavy (non-hydrogen) atoms. The fourth-order valence-electron chi connectivity index (χ4n) is 3.05. The van der Waals surface area contributed by atoms with Gasteiger partial charge in [0.2, 0.25) is 0 Å². The lowest BCUT2D eigenvalue weighted by molar-refractivity contribution is 0.0595. The molecule has 6 heteroatoms. The minimum absolute atomic E-state index is 0.298. The smallest absolute Gasteiger partial charge is 0.358 e. The number of aromatic nitrogens is 2. The summed E-state index contributed by atoms with van der Waals surface area (Å²) in [7, 11) is 1.36. The number of hydrogen-bond acceptors (Lipinski definition) is 3. The van der Waals surface area contributed by atoms with Crippen LogP contribution in [0.25, 0.3) is 16.9 Å². The van der Waals surface area contributed by atoms with E-state index in [4.69, 9.17) is 27.9 Å². The van der Waals surface area contributed by atoms with Gasteiger partial charge in [-0.25, -0.2) is 9.78 Å². The van der Waals surface area contributed by atoms with E-state index in [9.17, 15) is 4.79 Å². The van der Waals surface area contributed by atoms with Crippen molar-refractivity contribution >= 4 is 29.2 Å². The maximum atomic E-state index is 12.4. The molecule has 1 aromatic heterocycles. The Morgan fingerprint density at radius 2 is 1.85 bits per heavy atom. The van der Waals surface area contributed by atoms with Gasteiger partial charge in [0, 0.05) is 27.2 Å². The predicted molar refractivity (Wildman–Crippen MR) is 102 cm³/mol. The zero-order chi connectivity index (χ0) is 18.3. The molecule has 1 heterocycles. The fraction of sp³-hybridized carbons (Fsp3) is 0.200. The molecule has 132 valence electrons. The van der Waals surface area contributed by atoms with E-state index in [2.05, 4.69) is 4.98 Å². The Hall–Kier alpha value is -2.30. The largest absolute Gasteiger partial charge is 0.464 e. The van der Waals surface area contributed by atoms with E-state index in [1.165, 1.54) is 7.11 Å². The van der Waals surface area contributed by atoms with Crippen molar-refractivity contribution in [1.29, 1.82) is 0 Å². The lowest BCUT2D eigenvalue weighted by Crippen LogP contribution is -2.05. The summed E-state index contributed by atoms with van der Waals surface area (Å²) in [6.07, 6.45) is 2.11. The predicted octanol–water partition coefficient (Wildman–Crippen LogP) is 5.51. The van der Waals surface area contributed by atoms with Gasteiger partial charge in [0.05, 0.1) is 12.8 Å². The highest BCUT2D eigenvalue weighted by Crippen LogP contribution is 2.43. The van der Waals surface area contributed by atoms with Crippen LogP contribution in [0.5, 0.6) is 0 Å². The van der Waals surface area contributed by atoms with E-state index >= 15 is 0 Å². The summed E-state index contributed by atoms with van der Waals surface area (Å²) in [4.78, 5) is 17.1. The van der Waals surface area contributed by atoms with Crippen LogP contribution in [0.1, 0.15) is 35.1 Å². The van der Waals surface area contributed by atoms with Gasteiger partial charge >= 0.3 is 5.97 Å². The molecule has 0 amide bonds. The van der Waals surface area contributed by atoms with Crippen molar-refractivity contribution in [3.05, 3.63) is 70.1 Å². The number of nitrogens with zero attached hydrogens (tertiary/aromatic N) is 2. The van der Waals surface area contributed by atoms with E-state index in [1.54, 1.807) is 6.07 Å². The maximum Gasteiger partial charge on any atom is 0.358 e. The first-order valence-electron chi connectivity index (χ1n) is 8.31. The first kappa shape index (κ1) is 17.1. The van der Waals surface area contributed by atoms with E-state index in [0.29, 0.717) is 27.4 Å². The molecule has 2 aromatic carbocycles. The molecule has 1 fully saturated rings. The molecule has 1 saturated carbocycles. The highest BCUT2D eigenvalue weighted by atomic mass is 35.5. The summed E-state index contributed by atoms with van der Waals surface area (Å²) in [5.74, 6) is 0.735. The summed E-state index contributed by atoms with van der Waals surface area (Å²) in [5, 5.41) is 1.24. The minimum atomic E-state index is -0.463. The van der Waals surface area contributed by atoms with Crippen LogP contribution < -0.4 is 0 Å². The molecule has 1 aliphatic carbocycles. The summed E-state index contributed by atoms with van der Waals surface area (Å²) in [6, 6.07) is 14.9. The molecule has 0 N–H and O–H groups in total. The molecule has 0 aliphatic heterocycles. The van der Waals surface area contributed by atoms with E-state index in [0.717, 1.165) is 29.9 Å². The zero-order valence-electron chi connectivity index (χ0n) is 14.1. The van der Waals surface area contributed by atoms with Crippen LogP contribution in [0.3, 0.4) is 0 Å². The van der Waals surface area contributed by atoms with Gasteiger partial charge in [0.25, 0.3) is 0 Å². The third kappa shape index (κ3) is 3.11. The summed E-state index contributed by atoms with van der Waals surface area (Å²) >= 11 is 12.3. The SMILES string of the molecule is COC(=O)c1nc(C2CC2)n(-c2ccc(Cl)cc2)c1-c1cccc(Cl)c1. The van der Waals surface area contributed by atoms with Gasteiger partial charge in [-0.05, 0) is 49.2 Å². The van der Waals surface area contributed by atoms with Crippen molar-refractivity contribution in [2.75, 3.05) is 7.11 Å². The Bertz CT molecular complexity index is 976. The van der Waals surface area contributed by atoms with E-state index in [1.807, 2.05) is 47.0 Å². The second-order valence-electron chi connectivity index (χ2n) is 6.26. The second kappa shape index (κ2) is 6.78. The standard InChI is InChI=1S/C20H16Cl2N2O2/c1-26-20(25)17-18(13-3-2-4-15(22)11-13)24(19(23-17)12-5-6-12)16-9-7-14(21)8-10-16/h2-4,7-12H,5-6H2,1H3. The Kier molecular flexibility index (Phi) is 4.47. The van der Waals surface area contributed by atoms with Crippen LogP contribution in [-0.2, 0) is 4.74 Å². The van der Waals surface area contributed by atoms with Gasteiger partial charge in [0.1, 0.15) is 5.82 Å². The number of ether oxygens (including phenoxy) is 1. The lowest BCUT2D eigenvalue weighted by atomic mass is 10.1. The topological polar surface area (TPSA) is 44.1 Å². The Morgan fingerprint density at radius 3 is 2.46 bits per heavy atom. The number of benzene rings is 2. The van der Waals surface area contributed by atoms with E-state index < -0.39 is 5.97 Å². The molecule has 4 nitrogen and oxygen atoms in total. The van der Waals surface area contributed by atoms with Crippen molar-refractivity contribution < 1.29 is 9.53 Å². The molecule has 0 radical (unpaired) electrons. The van der Waals surface area contributed by atoms with Crippen LogP contribution >= 0.6 is 23.2 Å². The number of methoxy groups -OCH3 is 1. The Labute approximate surface area is 161 Å². The number of carbonyl (C=O) groups is 1. The van der Waals surface area contributed by atoms with Gasteiger partial charge in [-0.1, -0.05) is 35.3 Å². The molecule has 1 aliphatic rings. The van der Waals surface area contributed by atoms with Crippen LogP contribution in [0, 0.1) is 0 Å². The molecule has 3 aromatic rings. The van der Waals surface area contributed by atoms with Gasteiger partial charge in [0.15, 0.2) is 5.69 Å². The molecular weight excluding hydrogens is 371 g/mol. The third-order valence-electron chi connectivity index (χ3n) is 4.41. The van der Waals surface area contributed by atoms with Crippen LogP contribution in [-0.4, -0.2) is 22.6 Å². The number of carbonyl (C=O) groups excluding carboxylic acids is 1. The Balaban J connectivity index is 2.02. The number of halogens is 2. The number of imidazole rings is 1. The average Bonchev–Trinajstić information content (AvgIpc) is 3.41. The van der Waals surface area contributed by atoms with Gasteiger partial charge in [-0.2, -0.15) is 0 Å². The minimum Gasteiger partial charge on any atom is -0.464 e. The van der Waals surface area contributed by atoms with Crippen molar-refractivity contribution in [1.82, 2.24) is 9.55 Å². The lowest BCUT2D eigenvalue weighted by Gasteiger charge is -2.13. The Morgan fingerprint density at radius 1 is 1.12 bits per heavy atom. The first-order chi connectivity index (χ1) is 12.6. The normalized spacial score (nSPS) is 13.7. The van der Waals surface area contributed by atoms with E-state index in [-0.39, 0.29) is 0 Å². The van der Waals surface area contributed by atoms with Crippen molar-refractivity contribution in [2.45, 2.75) is 18.8 Å². The molecular formula is C20H16Cl2N2O2. The molecule has 0 bridgehead atoms. The summed E-state index contributed by atoms with van der Waals surface area (Å²) in [5.41, 5.74) is 2.69. The fourth-order valence-corrected chi connectivity index (χ4v) is 3.36. The number of hydrogen-bond donors (Lipinski definition) is 0. The van der Waals surface area contributed by atoms with Crippen LogP contribution in [0.4, 0.5) is 0 Å². The number of esters is 1. The molecule has 0 spiro atoms. The summed E-state index contributed by atoms with van der Waals surface area (Å²) < 4.78 is 7.00. The number of rotatable bonds is 4. The first-order valence-corrected chi connectivity index (χ1v) is 9.07.